The van der Waals surface area contributed by atoms with Crippen LogP contribution in [0.25, 0.3) is 0 Å². The predicted molar refractivity (Wildman–Crippen MR) is 81.4 cm³/mol. The quantitative estimate of drug-likeness (QED) is 0.818. The standard InChI is InChI=1S/C16H25F3N2O3/c1-2-10-5-3-4-6-11(10)7-20-15(24)21-8-12(14(22)23)13(9-21)16(17,18)19/h10-13H,2-9H2,1H3,(H,20,24)(H,22,23)/t10?,11?,12-,13-/m1/s1. The maximum Gasteiger partial charge on any atom is 0.394 e. The molecule has 1 aliphatic heterocycles. The van der Waals surface area contributed by atoms with Crippen LogP contribution in [-0.4, -0.2) is 47.8 Å². The van der Waals surface area contributed by atoms with Crippen molar-refractivity contribution in [3.05, 3.63) is 0 Å². The molecular formula is C16H25F3N2O3. The van der Waals surface area contributed by atoms with E-state index in [1.54, 1.807) is 0 Å². The number of urea groups is 1. The second-order valence-corrected chi connectivity index (χ2v) is 6.90. The molecule has 0 bridgehead atoms. The predicted octanol–water partition coefficient (Wildman–Crippen LogP) is 3.11. The van der Waals surface area contributed by atoms with Crippen molar-refractivity contribution < 1.29 is 27.9 Å². The lowest BCUT2D eigenvalue weighted by atomic mass is 9.78. The molecule has 1 saturated heterocycles. The lowest BCUT2D eigenvalue weighted by Crippen LogP contribution is -2.42. The monoisotopic (exact) mass is 350 g/mol. The number of carboxylic acids is 1. The van der Waals surface area contributed by atoms with Crippen LogP contribution < -0.4 is 5.32 Å². The van der Waals surface area contributed by atoms with Gasteiger partial charge in [-0.3, -0.25) is 4.79 Å². The fraction of sp³-hybridized carbons (Fsp3) is 0.875. The Balaban J connectivity index is 1.92. The Hall–Kier alpha value is -1.47. The summed E-state index contributed by atoms with van der Waals surface area (Å²) in [7, 11) is 0. The van der Waals surface area contributed by atoms with Gasteiger partial charge in [-0.05, 0) is 18.3 Å². The van der Waals surface area contributed by atoms with Crippen LogP contribution in [-0.2, 0) is 4.79 Å². The van der Waals surface area contributed by atoms with E-state index in [9.17, 15) is 22.8 Å². The number of amides is 2. The summed E-state index contributed by atoms with van der Waals surface area (Å²) < 4.78 is 38.9. The van der Waals surface area contributed by atoms with Crippen LogP contribution in [0.3, 0.4) is 0 Å². The second kappa shape index (κ2) is 7.61. The van der Waals surface area contributed by atoms with Crippen molar-refractivity contribution in [1.29, 1.82) is 0 Å². The van der Waals surface area contributed by atoms with Gasteiger partial charge in [-0.25, -0.2) is 4.79 Å². The molecule has 5 nitrogen and oxygen atoms in total. The SMILES string of the molecule is CCC1CCCCC1CNC(=O)N1C[C@@H](C(F)(F)F)[C@H](C(=O)O)C1. The first-order valence-electron chi connectivity index (χ1n) is 8.56. The number of carbonyl (C=O) groups is 2. The number of alkyl halides is 3. The van der Waals surface area contributed by atoms with E-state index >= 15 is 0 Å². The molecular weight excluding hydrogens is 325 g/mol. The minimum atomic E-state index is -4.62. The first-order valence-corrected chi connectivity index (χ1v) is 8.56. The maximum absolute atomic E-state index is 13.0. The molecule has 0 spiro atoms. The molecule has 2 fully saturated rings. The van der Waals surface area contributed by atoms with Crippen LogP contribution in [0.15, 0.2) is 0 Å². The molecule has 0 aromatic rings. The molecule has 2 aliphatic rings. The molecule has 138 valence electrons. The van der Waals surface area contributed by atoms with Crippen molar-refractivity contribution in [2.45, 2.75) is 45.2 Å². The molecule has 0 aromatic heterocycles. The van der Waals surface area contributed by atoms with E-state index in [0.29, 0.717) is 18.4 Å². The van der Waals surface area contributed by atoms with Crippen LogP contribution in [0.5, 0.6) is 0 Å². The van der Waals surface area contributed by atoms with Crippen LogP contribution >= 0.6 is 0 Å². The molecule has 0 aromatic carbocycles. The van der Waals surface area contributed by atoms with Crippen molar-refractivity contribution in [2.75, 3.05) is 19.6 Å². The number of carbonyl (C=O) groups excluding carboxylic acids is 1. The van der Waals surface area contributed by atoms with Crippen molar-refractivity contribution in [3.63, 3.8) is 0 Å². The van der Waals surface area contributed by atoms with Gasteiger partial charge in [0.15, 0.2) is 0 Å². The third-order valence-electron chi connectivity index (χ3n) is 5.45. The average Bonchev–Trinajstić information content (AvgIpc) is 2.98. The molecule has 2 N–H and O–H groups in total. The molecule has 24 heavy (non-hydrogen) atoms. The van der Waals surface area contributed by atoms with Gasteiger partial charge in [0.05, 0.1) is 11.8 Å². The summed E-state index contributed by atoms with van der Waals surface area (Å²) in [5.74, 6) is -4.21. The number of hydrogen-bond acceptors (Lipinski definition) is 2. The molecule has 0 radical (unpaired) electrons. The second-order valence-electron chi connectivity index (χ2n) is 6.90. The number of halogens is 3. The summed E-state index contributed by atoms with van der Waals surface area (Å²) in [6, 6.07) is -0.589. The fourth-order valence-corrected chi connectivity index (χ4v) is 3.97. The topological polar surface area (TPSA) is 69.6 Å². The smallest absolute Gasteiger partial charge is 0.394 e. The number of carboxylic acid groups (broad SMARTS) is 1. The molecule has 1 aliphatic carbocycles. The summed E-state index contributed by atoms with van der Waals surface area (Å²) in [6.07, 6.45) is 0.844. The average molecular weight is 350 g/mol. The third-order valence-corrected chi connectivity index (χ3v) is 5.45. The zero-order valence-electron chi connectivity index (χ0n) is 13.8. The van der Waals surface area contributed by atoms with E-state index in [1.165, 1.54) is 6.42 Å². The molecule has 2 rings (SSSR count). The summed E-state index contributed by atoms with van der Waals surface area (Å²) >= 11 is 0. The minimum Gasteiger partial charge on any atom is -0.481 e. The highest BCUT2D eigenvalue weighted by Gasteiger charge is 2.53. The molecule has 4 atom stereocenters. The Bertz CT molecular complexity index is 470. The number of rotatable bonds is 4. The molecule has 2 amide bonds. The zero-order valence-corrected chi connectivity index (χ0v) is 13.8. The molecule has 1 saturated carbocycles. The van der Waals surface area contributed by atoms with Crippen molar-refractivity contribution in [3.8, 4) is 0 Å². The highest BCUT2D eigenvalue weighted by molar-refractivity contribution is 5.77. The van der Waals surface area contributed by atoms with Crippen LogP contribution in [0, 0.1) is 23.7 Å². The van der Waals surface area contributed by atoms with Crippen molar-refractivity contribution in [1.82, 2.24) is 10.2 Å². The third kappa shape index (κ3) is 4.33. The Morgan fingerprint density at radius 2 is 1.79 bits per heavy atom. The highest BCUT2D eigenvalue weighted by Crippen LogP contribution is 2.38. The number of nitrogens with zero attached hydrogens (tertiary/aromatic N) is 1. The number of hydrogen-bond donors (Lipinski definition) is 2. The maximum atomic E-state index is 13.0. The van der Waals surface area contributed by atoms with Crippen molar-refractivity contribution in [2.24, 2.45) is 23.7 Å². The van der Waals surface area contributed by atoms with Gasteiger partial charge in [0.2, 0.25) is 0 Å². The number of likely N-dealkylation sites (tertiary alicyclic amines) is 1. The largest absolute Gasteiger partial charge is 0.481 e. The normalized spacial score (nSPS) is 31.1. The molecule has 8 heteroatoms. The zero-order chi connectivity index (χ0) is 17.9. The Morgan fingerprint density at radius 1 is 1.17 bits per heavy atom. The lowest BCUT2D eigenvalue weighted by molar-refractivity contribution is -0.187. The summed E-state index contributed by atoms with van der Waals surface area (Å²) in [5.41, 5.74) is 0. The fourth-order valence-electron chi connectivity index (χ4n) is 3.97. The summed E-state index contributed by atoms with van der Waals surface area (Å²) in [6.45, 7) is 1.57. The Kier molecular flexibility index (Phi) is 5.98. The van der Waals surface area contributed by atoms with Gasteiger partial charge in [0.25, 0.3) is 0 Å². The Morgan fingerprint density at radius 3 is 2.29 bits per heavy atom. The van der Waals surface area contributed by atoms with Gasteiger partial charge in [-0.15, -0.1) is 0 Å². The first kappa shape index (κ1) is 18.9. The van der Waals surface area contributed by atoms with E-state index in [-0.39, 0.29) is 0 Å². The van der Waals surface area contributed by atoms with E-state index < -0.39 is 43.1 Å². The van der Waals surface area contributed by atoms with Crippen LogP contribution in [0.2, 0.25) is 0 Å². The van der Waals surface area contributed by atoms with Crippen LogP contribution in [0.4, 0.5) is 18.0 Å². The number of nitrogens with one attached hydrogen (secondary N) is 1. The van der Waals surface area contributed by atoms with Crippen molar-refractivity contribution >= 4 is 12.0 Å². The first-order chi connectivity index (χ1) is 11.2. The van der Waals surface area contributed by atoms with Gasteiger partial charge >= 0.3 is 18.2 Å². The number of aliphatic carboxylic acids is 1. The van der Waals surface area contributed by atoms with E-state index in [0.717, 1.165) is 30.6 Å². The molecule has 2 unspecified atom stereocenters. The summed E-state index contributed by atoms with van der Waals surface area (Å²) in [5, 5.41) is 11.7. The summed E-state index contributed by atoms with van der Waals surface area (Å²) in [4.78, 5) is 24.2. The van der Waals surface area contributed by atoms with E-state index in [2.05, 4.69) is 12.2 Å². The lowest BCUT2D eigenvalue weighted by Gasteiger charge is -2.31. The van der Waals surface area contributed by atoms with E-state index in [1.807, 2.05) is 0 Å². The van der Waals surface area contributed by atoms with Gasteiger partial charge in [0.1, 0.15) is 0 Å². The Labute approximate surface area is 139 Å². The molecule has 1 heterocycles. The van der Waals surface area contributed by atoms with Gasteiger partial charge in [-0.1, -0.05) is 32.6 Å². The van der Waals surface area contributed by atoms with E-state index in [4.69, 9.17) is 5.11 Å². The van der Waals surface area contributed by atoms with Gasteiger partial charge in [0, 0.05) is 19.6 Å². The van der Waals surface area contributed by atoms with Gasteiger partial charge in [-0.2, -0.15) is 13.2 Å². The minimum absolute atomic E-state index is 0.351. The van der Waals surface area contributed by atoms with Gasteiger partial charge < -0.3 is 15.3 Å². The van der Waals surface area contributed by atoms with Crippen LogP contribution in [0.1, 0.15) is 39.0 Å². The highest BCUT2D eigenvalue weighted by atomic mass is 19.4.